The topological polar surface area (TPSA) is 119 Å². The second-order valence-electron chi connectivity index (χ2n) is 8.58. The quantitative estimate of drug-likeness (QED) is 0.209. The molecule has 0 radical (unpaired) electrons. The van der Waals surface area contributed by atoms with E-state index in [4.69, 9.17) is 19.6 Å². The fourth-order valence-electron chi connectivity index (χ4n) is 3.57. The van der Waals surface area contributed by atoms with Crippen LogP contribution >= 0.6 is 0 Å². The van der Waals surface area contributed by atoms with Gasteiger partial charge in [-0.05, 0) is 62.6 Å². The van der Waals surface area contributed by atoms with Gasteiger partial charge < -0.3 is 35.2 Å². The van der Waals surface area contributed by atoms with Crippen molar-refractivity contribution in [1.82, 2.24) is 10.2 Å². The first-order chi connectivity index (χ1) is 17.9. The van der Waals surface area contributed by atoms with Crippen LogP contribution in [0.5, 0.6) is 11.5 Å². The van der Waals surface area contributed by atoms with Gasteiger partial charge in [0.2, 0.25) is 5.76 Å². The average Bonchev–Trinajstić information content (AvgIpc) is 3.27. The normalized spacial score (nSPS) is 10.9. The van der Waals surface area contributed by atoms with Crippen molar-refractivity contribution in [2.75, 3.05) is 51.4 Å². The summed E-state index contributed by atoms with van der Waals surface area (Å²) in [4.78, 5) is 27.3. The number of amides is 2. The van der Waals surface area contributed by atoms with E-state index in [0.717, 1.165) is 5.39 Å². The number of furan rings is 1. The molecule has 192 valence electrons. The number of carbonyl (C=O) groups is 2. The first kappa shape index (κ1) is 25.6. The van der Waals surface area contributed by atoms with E-state index in [9.17, 15) is 9.59 Å². The number of hydrogen-bond acceptors (Lipinski definition) is 7. The Hall–Kier alpha value is -4.50. The maximum atomic E-state index is 12.8. The lowest BCUT2D eigenvalue weighted by molar-refractivity contribution is 0.0914. The zero-order valence-corrected chi connectivity index (χ0v) is 20.8. The van der Waals surface area contributed by atoms with Crippen molar-refractivity contribution < 1.29 is 23.5 Å². The zero-order valence-electron chi connectivity index (χ0n) is 20.8. The lowest BCUT2D eigenvalue weighted by Gasteiger charge is -2.11. The number of anilines is 2. The van der Waals surface area contributed by atoms with Gasteiger partial charge in [0.05, 0.1) is 23.3 Å². The second-order valence-corrected chi connectivity index (χ2v) is 8.58. The Morgan fingerprint density at radius 1 is 0.892 bits per heavy atom. The molecule has 4 N–H and O–H groups in total. The van der Waals surface area contributed by atoms with Crippen molar-refractivity contribution >= 4 is 34.2 Å². The van der Waals surface area contributed by atoms with E-state index in [1.165, 1.54) is 0 Å². The van der Waals surface area contributed by atoms with E-state index < -0.39 is 0 Å². The molecule has 0 bridgehead atoms. The Balaban J connectivity index is 1.29. The van der Waals surface area contributed by atoms with Crippen molar-refractivity contribution in [1.29, 1.82) is 0 Å². The molecule has 37 heavy (non-hydrogen) atoms. The minimum atomic E-state index is -0.383. The van der Waals surface area contributed by atoms with Crippen LogP contribution in [0.25, 0.3) is 11.0 Å². The summed E-state index contributed by atoms with van der Waals surface area (Å²) >= 11 is 0. The van der Waals surface area contributed by atoms with E-state index >= 15 is 0 Å². The molecular formula is C28H30N4O5. The highest BCUT2D eigenvalue weighted by Crippen LogP contribution is 2.33. The maximum absolute atomic E-state index is 12.8. The summed E-state index contributed by atoms with van der Waals surface area (Å²) in [5, 5.41) is 6.34. The van der Waals surface area contributed by atoms with Crippen molar-refractivity contribution in [3.8, 4) is 11.5 Å². The van der Waals surface area contributed by atoms with Gasteiger partial charge >= 0.3 is 0 Å². The second kappa shape index (κ2) is 12.0. The molecule has 3 aromatic carbocycles. The summed E-state index contributed by atoms with van der Waals surface area (Å²) in [5.41, 5.74) is 7.98. The summed E-state index contributed by atoms with van der Waals surface area (Å²) in [6.45, 7) is 1.61. The predicted molar refractivity (Wildman–Crippen MR) is 143 cm³/mol. The minimum absolute atomic E-state index is 0.134. The summed E-state index contributed by atoms with van der Waals surface area (Å²) in [5.74, 6) is 0.482. The molecule has 4 rings (SSSR count). The van der Waals surface area contributed by atoms with Gasteiger partial charge in [0, 0.05) is 12.1 Å². The molecular weight excluding hydrogens is 472 g/mol. The number of nitrogens with zero attached hydrogens (tertiary/aromatic N) is 1. The first-order valence-electron chi connectivity index (χ1n) is 11.9. The molecule has 9 nitrogen and oxygen atoms in total. The molecule has 1 aromatic heterocycles. The van der Waals surface area contributed by atoms with E-state index in [0.29, 0.717) is 47.2 Å². The third-order valence-corrected chi connectivity index (χ3v) is 5.52. The number of nitrogen functional groups attached to an aromatic ring is 1. The van der Waals surface area contributed by atoms with Crippen molar-refractivity contribution in [3.05, 3.63) is 84.1 Å². The number of nitrogens with two attached hydrogens (primary N) is 1. The fraction of sp³-hybridized carbons (Fsp3) is 0.214. The van der Waals surface area contributed by atoms with E-state index in [1.54, 1.807) is 54.6 Å². The van der Waals surface area contributed by atoms with Crippen LogP contribution in [-0.2, 0) is 0 Å². The SMILES string of the molecule is CN(C)CCOc1c(C(=O)NCCOc2ccc(C(=O)Nc3ccccc3N)cc2)oc2ccccc12. The molecule has 1 heterocycles. The van der Waals surface area contributed by atoms with E-state index in [-0.39, 0.29) is 30.7 Å². The zero-order chi connectivity index (χ0) is 26.2. The minimum Gasteiger partial charge on any atom is -0.492 e. The standard InChI is InChI=1S/C28H30N4O5/c1-32(2)16-18-36-25-21-7-3-6-10-24(21)37-26(25)28(34)30-15-17-35-20-13-11-19(12-14-20)27(33)31-23-9-5-4-8-22(23)29/h3-14H,15-18,29H2,1-2H3,(H,30,34)(H,31,33). The molecule has 0 aliphatic rings. The highest BCUT2D eigenvalue weighted by atomic mass is 16.5. The van der Waals surface area contributed by atoms with Crippen LogP contribution in [-0.4, -0.2) is 57.1 Å². The Kier molecular flexibility index (Phi) is 8.27. The molecule has 0 aliphatic carbocycles. The van der Waals surface area contributed by atoms with Crippen LogP contribution in [0.2, 0.25) is 0 Å². The molecule has 0 saturated heterocycles. The molecule has 0 unspecified atom stereocenters. The van der Waals surface area contributed by atoms with Crippen molar-refractivity contribution in [3.63, 3.8) is 0 Å². The summed E-state index contributed by atoms with van der Waals surface area (Å²) < 4.78 is 17.4. The van der Waals surface area contributed by atoms with E-state index in [2.05, 4.69) is 10.6 Å². The highest BCUT2D eigenvalue weighted by molar-refractivity contribution is 6.05. The molecule has 0 fully saturated rings. The molecule has 0 saturated carbocycles. The van der Waals surface area contributed by atoms with Gasteiger partial charge in [-0.15, -0.1) is 0 Å². The molecule has 4 aromatic rings. The highest BCUT2D eigenvalue weighted by Gasteiger charge is 2.22. The van der Waals surface area contributed by atoms with Crippen LogP contribution in [0.1, 0.15) is 20.9 Å². The Labute approximate surface area is 215 Å². The van der Waals surface area contributed by atoms with Gasteiger partial charge in [-0.1, -0.05) is 24.3 Å². The van der Waals surface area contributed by atoms with Crippen LogP contribution in [0, 0.1) is 0 Å². The molecule has 0 aliphatic heterocycles. The van der Waals surface area contributed by atoms with Crippen molar-refractivity contribution in [2.45, 2.75) is 0 Å². The van der Waals surface area contributed by atoms with Gasteiger partial charge in [-0.2, -0.15) is 0 Å². The summed E-state index contributed by atoms with van der Waals surface area (Å²) in [6.07, 6.45) is 0. The van der Waals surface area contributed by atoms with E-state index in [1.807, 2.05) is 37.2 Å². The number of para-hydroxylation sites is 3. The van der Waals surface area contributed by atoms with Crippen molar-refractivity contribution in [2.24, 2.45) is 0 Å². The van der Waals surface area contributed by atoms with Gasteiger partial charge in [0.1, 0.15) is 24.5 Å². The van der Waals surface area contributed by atoms with Crippen LogP contribution in [0.3, 0.4) is 0 Å². The van der Waals surface area contributed by atoms with Gasteiger partial charge in [-0.3, -0.25) is 9.59 Å². The number of fused-ring (bicyclic) bond motifs is 1. The van der Waals surface area contributed by atoms with Crippen LogP contribution in [0.4, 0.5) is 11.4 Å². The number of carbonyl (C=O) groups excluding carboxylic acids is 2. The smallest absolute Gasteiger partial charge is 0.291 e. The Morgan fingerprint density at radius 2 is 1.62 bits per heavy atom. The number of rotatable bonds is 11. The van der Waals surface area contributed by atoms with Gasteiger partial charge in [0.15, 0.2) is 5.75 Å². The number of nitrogens with one attached hydrogen (secondary N) is 2. The Bertz CT molecular complexity index is 1360. The Morgan fingerprint density at radius 3 is 2.38 bits per heavy atom. The number of benzene rings is 3. The average molecular weight is 503 g/mol. The third kappa shape index (κ3) is 6.59. The number of likely N-dealkylation sites (N-methyl/N-ethyl adjacent to an activating group) is 1. The van der Waals surface area contributed by atoms with Gasteiger partial charge in [-0.25, -0.2) is 0 Å². The molecule has 0 atom stereocenters. The maximum Gasteiger partial charge on any atom is 0.291 e. The van der Waals surface area contributed by atoms with Crippen LogP contribution < -0.4 is 25.8 Å². The summed E-state index contributed by atoms with van der Waals surface area (Å²) in [6, 6.07) is 21.2. The lowest BCUT2D eigenvalue weighted by Crippen LogP contribution is -2.28. The summed E-state index contributed by atoms with van der Waals surface area (Å²) in [7, 11) is 3.90. The number of hydrogen-bond donors (Lipinski definition) is 3. The molecule has 9 heteroatoms. The monoisotopic (exact) mass is 502 g/mol. The fourth-order valence-corrected chi connectivity index (χ4v) is 3.57. The first-order valence-corrected chi connectivity index (χ1v) is 11.9. The molecule has 0 spiro atoms. The largest absolute Gasteiger partial charge is 0.492 e. The van der Waals surface area contributed by atoms with Gasteiger partial charge in [0.25, 0.3) is 11.8 Å². The van der Waals surface area contributed by atoms with Crippen LogP contribution in [0.15, 0.2) is 77.2 Å². The molecule has 2 amide bonds. The third-order valence-electron chi connectivity index (χ3n) is 5.52. The number of ether oxygens (including phenoxy) is 2. The lowest BCUT2D eigenvalue weighted by atomic mass is 10.2. The predicted octanol–water partition coefficient (Wildman–Crippen LogP) is 4.02.